The van der Waals surface area contributed by atoms with Crippen molar-refractivity contribution in [2.75, 3.05) is 19.7 Å². The summed E-state index contributed by atoms with van der Waals surface area (Å²) in [5, 5.41) is 12.8. The largest absolute Gasteiger partial charge is 0.492 e. The van der Waals surface area contributed by atoms with Crippen molar-refractivity contribution in [3.63, 3.8) is 0 Å². The molecule has 1 amide bonds. The number of amides is 1. The zero-order valence-electron chi connectivity index (χ0n) is 17.2. The highest BCUT2D eigenvalue weighted by atomic mass is 35.5. The van der Waals surface area contributed by atoms with E-state index in [1.807, 2.05) is 36.6 Å². The average molecular weight is 469 g/mol. The molecule has 1 saturated heterocycles. The van der Waals surface area contributed by atoms with Gasteiger partial charge in [0.15, 0.2) is 0 Å². The second kappa shape index (κ2) is 8.97. The second-order valence-electron chi connectivity index (χ2n) is 7.72. The molecule has 1 atom stereocenters. The van der Waals surface area contributed by atoms with Crippen LogP contribution in [0.2, 0.25) is 5.02 Å². The lowest BCUT2D eigenvalue weighted by Crippen LogP contribution is -2.42. The molecule has 2 aliphatic heterocycles. The molecule has 0 spiro atoms. The number of benzene rings is 1. The molecule has 164 valence electrons. The lowest BCUT2D eigenvalue weighted by molar-refractivity contribution is -0.0227. The van der Waals surface area contributed by atoms with Gasteiger partial charge < -0.3 is 14.7 Å². The van der Waals surface area contributed by atoms with Crippen molar-refractivity contribution in [1.29, 1.82) is 0 Å². The van der Waals surface area contributed by atoms with Crippen molar-refractivity contribution < 1.29 is 14.6 Å². The summed E-state index contributed by atoms with van der Waals surface area (Å²) in [6.45, 7) is 1.34. The van der Waals surface area contributed by atoms with E-state index < -0.39 is 0 Å². The summed E-state index contributed by atoms with van der Waals surface area (Å²) in [7, 11) is 0. The van der Waals surface area contributed by atoms with Gasteiger partial charge >= 0.3 is 0 Å². The number of allylic oxidation sites excluding steroid dienone is 2. The first-order valence-corrected chi connectivity index (χ1v) is 11.7. The molecule has 3 aromatic rings. The number of carbonyl (C=O) groups excluding carboxylic acids is 1. The molecule has 2 aliphatic rings. The summed E-state index contributed by atoms with van der Waals surface area (Å²) >= 11 is 7.40. The summed E-state index contributed by atoms with van der Waals surface area (Å²) in [4.78, 5) is 28.4. The van der Waals surface area contributed by atoms with Gasteiger partial charge in [0.2, 0.25) is 5.88 Å². The Kier molecular flexibility index (Phi) is 5.91. The molecule has 1 fully saturated rings. The fourth-order valence-corrected chi connectivity index (χ4v) is 5.00. The topological polar surface area (TPSA) is 87.9 Å². The van der Waals surface area contributed by atoms with Gasteiger partial charge in [-0.1, -0.05) is 29.8 Å². The van der Waals surface area contributed by atoms with E-state index in [-0.39, 0.29) is 17.9 Å². The fraction of sp³-hybridized carbons (Fsp3) is 0.304. The zero-order chi connectivity index (χ0) is 22.1. The van der Waals surface area contributed by atoms with E-state index in [1.54, 1.807) is 10.3 Å². The number of aromatic nitrogens is 2. The summed E-state index contributed by atoms with van der Waals surface area (Å²) in [5.74, 6) is 0.213. The summed E-state index contributed by atoms with van der Waals surface area (Å²) < 4.78 is 6.40. The van der Waals surface area contributed by atoms with Crippen LogP contribution in [0.4, 0.5) is 0 Å². The predicted octanol–water partition coefficient (Wildman–Crippen LogP) is 4.56. The predicted molar refractivity (Wildman–Crippen MR) is 125 cm³/mol. The quantitative estimate of drug-likeness (QED) is 0.606. The average Bonchev–Trinajstić information content (AvgIpc) is 3.24. The molecule has 9 heteroatoms. The van der Waals surface area contributed by atoms with Crippen molar-refractivity contribution in [3.05, 3.63) is 63.4 Å². The van der Waals surface area contributed by atoms with E-state index in [1.165, 1.54) is 11.3 Å². The van der Waals surface area contributed by atoms with Crippen LogP contribution < -0.4 is 0 Å². The van der Waals surface area contributed by atoms with Crippen LogP contribution in [0.3, 0.4) is 0 Å². The fourth-order valence-electron chi connectivity index (χ4n) is 3.93. The van der Waals surface area contributed by atoms with Crippen molar-refractivity contribution in [2.45, 2.75) is 25.4 Å². The number of hydrogen-bond acceptors (Lipinski definition) is 7. The first-order chi connectivity index (χ1) is 15.6. The lowest BCUT2D eigenvalue weighted by Gasteiger charge is -2.33. The van der Waals surface area contributed by atoms with Crippen LogP contribution in [0.15, 0.2) is 46.4 Å². The molecular weight excluding hydrogens is 448 g/mol. The SMILES string of the molecule is O=C(c1csc2c(O)nc(CC3=CCCC=N3)nc12)N1CCO[C@H](c2cccc(Cl)c2)C1. The maximum Gasteiger partial charge on any atom is 0.257 e. The zero-order valence-corrected chi connectivity index (χ0v) is 18.8. The number of ether oxygens (including phenoxy) is 1. The second-order valence-corrected chi connectivity index (χ2v) is 9.03. The normalized spacial score (nSPS) is 18.7. The third-order valence-electron chi connectivity index (χ3n) is 5.52. The number of fused-ring (bicyclic) bond motifs is 1. The van der Waals surface area contributed by atoms with Crippen molar-refractivity contribution >= 4 is 45.3 Å². The van der Waals surface area contributed by atoms with E-state index in [0.29, 0.717) is 52.7 Å². The molecule has 5 rings (SSSR count). The third-order valence-corrected chi connectivity index (χ3v) is 6.72. The first kappa shape index (κ1) is 21.1. The number of aromatic hydroxyl groups is 1. The number of nitrogens with zero attached hydrogens (tertiary/aromatic N) is 4. The Morgan fingerprint density at radius 2 is 2.22 bits per heavy atom. The van der Waals surface area contributed by atoms with Gasteiger partial charge in [0, 0.05) is 35.3 Å². The Hall–Kier alpha value is -2.81. The molecule has 4 heterocycles. The van der Waals surface area contributed by atoms with Crippen LogP contribution in [-0.4, -0.2) is 51.8 Å². The number of aliphatic imine (C=N–C) groups is 1. The van der Waals surface area contributed by atoms with Crippen LogP contribution in [0, 0.1) is 0 Å². The smallest absolute Gasteiger partial charge is 0.257 e. The Morgan fingerprint density at radius 1 is 1.31 bits per heavy atom. The highest BCUT2D eigenvalue weighted by Gasteiger charge is 2.29. The number of hydrogen-bond donors (Lipinski definition) is 1. The van der Waals surface area contributed by atoms with E-state index in [9.17, 15) is 9.90 Å². The molecule has 32 heavy (non-hydrogen) atoms. The van der Waals surface area contributed by atoms with Gasteiger partial charge in [-0.2, -0.15) is 4.98 Å². The van der Waals surface area contributed by atoms with Crippen LogP contribution >= 0.6 is 22.9 Å². The van der Waals surface area contributed by atoms with Gasteiger partial charge in [-0.25, -0.2) is 4.98 Å². The van der Waals surface area contributed by atoms with Crippen molar-refractivity contribution in [2.24, 2.45) is 4.99 Å². The van der Waals surface area contributed by atoms with E-state index >= 15 is 0 Å². The molecule has 0 aliphatic carbocycles. The van der Waals surface area contributed by atoms with Crippen LogP contribution in [0.5, 0.6) is 5.88 Å². The number of rotatable bonds is 4. The minimum absolute atomic E-state index is 0.103. The first-order valence-electron chi connectivity index (χ1n) is 10.4. The molecule has 0 unspecified atom stereocenters. The molecule has 0 saturated carbocycles. The number of morpholine rings is 1. The molecule has 0 bridgehead atoms. The molecular formula is C23H21ClN4O3S. The van der Waals surface area contributed by atoms with Gasteiger partial charge in [-0.3, -0.25) is 9.79 Å². The summed E-state index contributed by atoms with van der Waals surface area (Å²) in [6.07, 6.45) is 5.95. The number of carbonyl (C=O) groups is 1. The van der Waals surface area contributed by atoms with Gasteiger partial charge in [-0.15, -0.1) is 11.3 Å². The van der Waals surface area contributed by atoms with Gasteiger partial charge in [0.1, 0.15) is 22.1 Å². The number of thiophene rings is 1. The highest BCUT2D eigenvalue weighted by Crippen LogP contribution is 2.33. The van der Waals surface area contributed by atoms with E-state index in [0.717, 1.165) is 24.1 Å². The summed E-state index contributed by atoms with van der Waals surface area (Å²) in [6, 6.07) is 7.50. The minimum Gasteiger partial charge on any atom is -0.492 e. The lowest BCUT2D eigenvalue weighted by atomic mass is 10.1. The Morgan fingerprint density at radius 3 is 3.03 bits per heavy atom. The molecule has 7 nitrogen and oxygen atoms in total. The van der Waals surface area contributed by atoms with Crippen molar-refractivity contribution in [3.8, 4) is 5.88 Å². The van der Waals surface area contributed by atoms with Gasteiger partial charge in [0.05, 0.1) is 18.7 Å². The summed E-state index contributed by atoms with van der Waals surface area (Å²) in [5.41, 5.74) is 2.76. The van der Waals surface area contributed by atoms with Crippen LogP contribution in [-0.2, 0) is 11.2 Å². The van der Waals surface area contributed by atoms with Gasteiger partial charge in [0.25, 0.3) is 5.91 Å². The molecule has 2 aromatic heterocycles. The standard InChI is InChI=1S/C23H21ClN4O3S/c24-15-5-3-4-14(10-15)18-12-28(8-9-31-18)23(30)17-13-32-21-20(17)26-19(27-22(21)29)11-16-6-1-2-7-25-16/h3-7,10,13,18H,1-2,8-9,11-12H2,(H,26,27,29)/t18-/m0/s1. The Labute approximate surface area is 194 Å². The monoisotopic (exact) mass is 468 g/mol. The molecule has 0 radical (unpaired) electrons. The number of halogens is 1. The third kappa shape index (κ3) is 4.26. The van der Waals surface area contributed by atoms with Crippen LogP contribution in [0.25, 0.3) is 10.2 Å². The molecule has 1 N–H and O–H groups in total. The highest BCUT2D eigenvalue weighted by molar-refractivity contribution is 7.17. The maximum absolute atomic E-state index is 13.4. The van der Waals surface area contributed by atoms with Gasteiger partial charge in [-0.05, 0) is 30.5 Å². The molecule has 1 aromatic carbocycles. The van der Waals surface area contributed by atoms with E-state index in [4.69, 9.17) is 16.3 Å². The van der Waals surface area contributed by atoms with Crippen molar-refractivity contribution in [1.82, 2.24) is 14.9 Å². The Bertz CT molecular complexity index is 1240. The Balaban J connectivity index is 1.41. The van der Waals surface area contributed by atoms with E-state index in [2.05, 4.69) is 15.0 Å². The minimum atomic E-state index is -0.244. The van der Waals surface area contributed by atoms with Crippen LogP contribution in [0.1, 0.15) is 40.7 Å². The maximum atomic E-state index is 13.4.